The van der Waals surface area contributed by atoms with Crippen LogP contribution in [0.4, 0.5) is 0 Å². The van der Waals surface area contributed by atoms with E-state index in [-0.39, 0.29) is 6.04 Å². The number of fused-ring (bicyclic) bond motifs is 2. The van der Waals surface area contributed by atoms with Crippen LogP contribution in [0.3, 0.4) is 0 Å². The van der Waals surface area contributed by atoms with Gasteiger partial charge in [-0.25, -0.2) is 8.42 Å². The molecule has 0 bridgehead atoms. The van der Waals surface area contributed by atoms with Crippen LogP contribution in [0, 0.1) is 0 Å². The molecule has 2 aliphatic rings. The first-order valence-electron chi connectivity index (χ1n) is 13.6. The van der Waals surface area contributed by atoms with E-state index in [1.54, 1.807) is 36.5 Å². The first-order valence-corrected chi connectivity index (χ1v) is 15.8. The molecule has 0 aliphatic carbocycles. The maximum Gasteiger partial charge on any atom is 0.211 e. The molecule has 0 unspecified atom stereocenters. The first-order chi connectivity index (χ1) is 19.0. The van der Waals surface area contributed by atoms with Crippen molar-refractivity contribution in [2.24, 2.45) is 0 Å². The minimum absolute atomic E-state index is 0.0791. The number of nitrogens with zero attached hydrogens (tertiary/aromatic N) is 3. The van der Waals surface area contributed by atoms with Crippen molar-refractivity contribution in [2.45, 2.75) is 51.5 Å². The van der Waals surface area contributed by atoms with E-state index >= 15 is 0 Å². The normalized spacial score (nSPS) is 18.9. The van der Waals surface area contributed by atoms with Crippen molar-refractivity contribution in [3.63, 3.8) is 0 Å². The van der Waals surface area contributed by atoms with Gasteiger partial charge in [0.25, 0.3) is 0 Å². The molecule has 0 radical (unpaired) electrons. The molecule has 0 spiro atoms. The Morgan fingerprint density at radius 3 is 2.67 bits per heavy atom. The Balaban J connectivity index is 1.34. The average molecular weight is 582 g/mol. The van der Waals surface area contributed by atoms with Gasteiger partial charge in [0, 0.05) is 48.0 Å². The molecule has 1 fully saturated rings. The Morgan fingerprint density at radius 2 is 1.95 bits per heavy atom. The van der Waals surface area contributed by atoms with Gasteiger partial charge in [0.2, 0.25) is 10.0 Å². The van der Waals surface area contributed by atoms with Gasteiger partial charge < -0.3 is 14.7 Å². The third-order valence-corrected chi connectivity index (χ3v) is 9.18. The third-order valence-electron chi connectivity index (χ3n) is 7.65. The van der Waals surface area contributed by atoms with Crippen molar-refractivity contribution in [1.29, 1.82) is 0 Å². The summed E-state index contributed by atoms with van der Waals surface area (Å²) >= 11 is 6.02. The molecule has 0 amide bonds. The number of likely N-dealkylation sites (tertiary alicyclic amines) is 1. The van der Waals surface area contributed by atoms with Crippen LogP contribution in [0.5, 0.6) is 5.75 Å². The summed E-state index contributed by atoms with van der Waals surface area (Å²) < 4.78 is 33.2. The fraction of sp³-hybridized carbons (Fsp3) is 0.387. The van der Waals surface area contributed by atoms with E-state index in [0.717, 1.165) is 65.2 Å². The molecule has 212 valence electrons. The second-order valence-corrected chi connectivity index (χ2v) is 13.5. The Labute approximate surface area is 242 Å². The number of pyridine rings is 1. The van der Waals surface area contributed by atoms with Crippen LogP contribution in [0.2, 0.25) is 5.02 Å². The number of hydrogen-bond donors (Lipinski definition) is 1. The topological polar surface area (TPSA) is 83.0 Å². The van der Waals surface area contributed by atoms with Crippen LogP contribution in [-0.4, -0.2) is 59.6 Å². The predicted molar refractivity (Wildman–Crippen MR) is 159 cm³/mol. The van der Waals surface area contributed by atoms with Gasteiger partial charge >= 0.3 is 0 Å². The molecule has 5 rings (SSSR count). The largest absolute Gasteiger partial charge is 0.487 e. The van der Waals surface area contributed by atoms with E-state index in [0.29, 0.717) is 24.7 Å². The molecule has 1 saturated heterocycles. The number of hydrogen-bond acceptors (Lipinski definition) is 6. The maximum absolute atomic E-state index is 12.7. The number of rotatable bonds is 8. The van der Waals surface area contributed by atoms with Crippen LogP contribution in [0.25, 0.3) is 5.57 Å². The second-order valence-electron chi connectivity index (χ2n) is 11.1. The summed E-state index contributed by atoms with van der Waals surface area (Å²) in [6.07, 6.45) is 6.85. The molecule has 2 aromatic carbocycles. The number of sulfonamides is 1. The molecule has 0 saturated carbocycles. The summed E-state index contributed by atoms with van der Waals surface area (Å²) in [5, 5.41) is 11.3. The minimum atomic E-state index is -3.38. The highest BCUT2D eigenvalue weighted by Crippen LogP contribution is 2.38. The molecule has 3 heterocycles. The number of aliphatic hydroxyl groups is 1. The van der Waals surface area contributed by atoms with Crippen LogP contribution in [-0.2, 0) is 28.8 Å². The molecule has 7 nitrogen and oxygen atoms in total. The summed E-state index contributed by atoms with van der Waals surface area (Å²) in [5.41, 5.74) is 4.64. The van der Waals surface area contributed by atoms with Crippen LogP contribution < -0.4 is 4.74 Å². The van der Waals surface area contributed by atoms with E-state index in [4.69, 9.17) is 16.3 Å². The van der Waals surface area contributed by atoms with Crippen molar-refractivity contribution in [3.05, 3.63) is 99.8 Å². The highest BCUT2D eigenvalue weighted by molar-refractivity contribution is 7.88. The monoisotopic (exact) mass is 581 g/mol. The molecule has 1 atom stereocenters. The lowest BCUT2D eigenvalue weighted by molar-refractivity contribution is 0.0785. The number of aromatic nitrogens is 1. The summed E-state index contributed by atoms with van der Waals surface area (Å²) in [6, 6.07) is 17.1. The molecular formula is C31H36ClN3O4S. The highest BCUT2D eigenvalue weighted by atomic mass is 35.5. The summed E-state index contributed by atoms with van der Waals surface area (Å²) in [4.78, 5) is 6.89. The van der Waals surface area contributed by atoms with E-state index in [1.165, 1.54) is 6.26 Å². The summed E-state index contributed by atoms with van der Waals surface area (Å²) in [7, 11) is -3.38. The SMILES string of the molecule is CC(C)(O)c1ccc2c(c1)/C(=C/CCN1CC[C@H](N(Cc3ccc(Cl)cc3)S(C)(=O)=O)C1)c1cccnc1CO2. The zero-order valence-electron chi connectivity index (χ0n) is 23.2. The van der Waals surface area contributed by atoms with Gasteiger partial charge in [-0.1, -0.05) is 41.9 Å². The van der Waals surface area contributed by atoms with Crippen molar-refractivity contribution in [2.75, 3.05) is 25.9 Å². The lowest BCUT2D eigenvalue weighted by Gasteiger charge is -2.27. The molecule has 40 heavy (non-hydrogen) atoms. The van der Waals surface area contributed by atoms with Crippen LogP contribution >= 0.6 is 11.6 Å². The van der Waals surface area contributed by atoms with Gasteiger partial charge in [0.1, 0.15) is 12.4 Å². The van der Waals surface area contributed by atoms with E-state index in [9.17, 15) is 13.5 Å². The van der Waals surface area contributed by atoms with Gasteiger partial charge in [-0.05, 0) is 80.3 Å². The number of ether oxygens (including phenoxy) is 1. The molecule has 9 heteroatoms. The standard InChI is InChI=1S/C31H36ClN3O4S/c1-31(2,36)23-10-13-30-28(18-23)26(27-6-4-15-33-29(27)21-39-30)7-5-16-34-17-14-25(20-34)35(40(3,37)38)19-22-8-11-24(32)12-9-22/h4,6-13,15,18,25,36H,5,14,16-17,19-21H2,1-3H3/b26-7+/t25-/m0/s1. The van der Waals surface area contributed by atoms with Crippen molar-refractivity contribution >= 4 is 27.2 Å². The van der Waals surface area contributed by atoms with Gasteiger partial charge in [-0.3, -0.25) is 4.98 Å². The van der Waals surface area contributed by atoms with E-state index < -0.39 is 15.6 Å². The Kier molecular flexibility index (Phi) is 8.36. The van der Waals surface area contributed by atoms with Gasteiger partial charge in [0.05, 0.1) is 17.6 Å². The van der Waals surface area contributed by atoms with Crippen LogP contribution in [0.15, 0.2) is 66.9 Å². The lowest BCUT2D eigenvalue weighted by Crippen LogP contribution is -2.41. The number of benzene rings is 2. The van der Waals surface area contributed by atoms with Gasteiger partial charge in [0.15, 0.2) is 0 Å². The Morgan fingerprint density at radius 1 is 1.18 bits per heavy atom. The van der Waals surface area contributed by atoms with Gasteiger partial charge in [-0.2, -0.15) is 4.31 Å². The molecule has 1 N–H and O–H groups in total. The second kappa shape index (κ2) is 11.6. The Bertz CT molecular complexity index is 1500. The lowest BCUT2D eigenvalue weighted by atomic mass is 9.90. The summed E-state index contributed by atoms with van der Waals surface area (Å²) in [5.74, 6) is 0.768. The van der Waals surface area contributed by atoms with Crippen molar-refractivity contribution in [1.82, 2.24) is 14.2 Å². The van der Waals surface area contributed by atoms with Gasteiger partial charge in [-0.15, -0.1) is 0 Å². The zero-order chi connectivity index (χ0) is 28.5. The molecular weight excluding hydrogens is 546 g/mol. The van der Waals surface area contributed by atoms with E-state index in [2.05, 4.69) is 22.0 Å². The van der Waals surface area contributed by atoms with Crippen molar-refractivity contribution in [3.8, 4) is 5.75 Å². The minimum Gasteiger partial charge on any atom is -0.487 e. The maximum atomic E-state index is 12.7. The molecule has 1 aromatic heterocycles. The third kappa shape index (κ3) is 6.58. The number of halogens is 1. The smallest absolute Gasteiger partial charge is 0.211 e. The fourth-order valence-corrected chi connectivity index (χ4v) is 6.71. The van der Waals surface area contributed by atoms with Crippen LogP contribution in [0.1, 0.15) is 54.6 Å². The van der Waals surface area contributed by atoms with E-state index in [1.807, 2.05) is 36.4 Å². The zero-order valence-corrected chi connectivity index (χ0v) is 24.8. The quantitative estimate of drug-likeness (QED) is 0.393. The van der Waals surface area contributed by atoms with Crippen molar-refractivity contribution < 1.29 is 18.3 Å². The highest BCUT2D eigenvalue weighted by Gasteiger charge is 2.33. The molecule has 2 aliphatic heterocycles. The summed E-state index contributed by atoms with van der Waals surface area (Å²) in [6.45, 7) is 6.60. The predicted octanol–water partition coefficient (Wildman–Crippen LogP) is 5.21. The molecule has 3 aromatic rings. The Hall–Kier alpha value is -2.75. The first kappa shape index (κ1) is 28.8. The average Bonchev–Trinajstić information content (AvgIpc) is 3.30. The fourth-order valence-electron chi connectivity index (χ4n) is 5.48.